The van der Waals surface area contributed by atoms with Crippen LogP contribution in [0.5, 0.6) is 0 Å². The molecular weight excluding hydrogens is 348 g/mol. The first-order chi connectivity index (χ1) is 13.7. The second-order valence-corrected chi connectivity index (χ2v) is 8.30. The predicted molar refractivity (Wildman–Crippen MR) is 111 cm³/mol. The average molecular weight is 379 g/mol. The molecule has 0 N–H and O–H groups in total. The highest BCUT2D eigenvalue weighted by atomic mass is 16.2. The van der Waals surface area contributed by atoms with Gasteiger partial charge in [0.05, 0.1) is 12.2 Å². The Kier molecular flexibility index (Phi) is 6.03. The number of fused-ring (bicyclic) bond motifs is 4. The molecule has 4 heterocycles. The number of piperidine rings is 1. The molecule has 5 nitrogen and oxygen atoms in total. The molecule has 0 radical (unpaired) electrons. The Balaban J connectivity index is 1.35. The Morgan fingerprint density at radius 2 is 1.89 bits per heavy atom. The lowest BCUT2D eigenvalue weighted by Gasteiger charge is -2.36. The largest absolute Gasteiger partial charge is 0.340 e. The van der Waals surface area contributed by atoms with Crippen molar-refractivity contribution in [2.24, 2.45) is 5.92 Å². The van der Waals surface area contributed by atoms with Crippen molar-refractivity contribution in [3.63, 3.8) is 0 Å². The first kappa shape index (κ1) is 19.1. The molecular formula is C23H30N4O. The molecule has 1 aromatic carbocycles. The van der Waals surface area contributed by atoms with Crippen LogP contribution in [0, 0.1) is 5.92 Å². The van der Waals surface area contributed by atoms with Crippen LogP contribution in [0.25, 0.3) is 0 Å². The van der Waals surface area contributed by atoms with Crippen LogP contribution in [0.4, 0.5) is 0 Å². The van der Waals surface area contributed by atoms with Crippen LogP contribution in [-0.2, 0) is 17.9 Å². The topological polar surface area (TPSA) is 39.7 Å². The van der Waals surface area contributed by atoms with Gasteiger partial charge in [0.2, 0.25) is 5.91 Å². The fraction of sp³-hybridized carbons (Fsp3) is 0.478. The van der Waals surface area contributed by atoms with Gasteiger partial charge in [-0.1, -0.05) is 36.4 Å². The summed E-state index contributed by atoms with van der Waals surface area (Å²) in [4.78, 5) is 24.1. The van der Waals surface area contributed by atoms with E-state index < -0.39 is 0 Å². The Morgan fingerprint density at radius 1 is 1.07 bits per heavy atom. The summed E-state index contributed by atoms with van der Waals surface area (Å²) in [6, 6.07) is 17.1. The Labute approximate surface area is 168 Å². The number of benzene rings is 1. The standard InChI is InChI=1S/C23H30N4O/c1-25(16-21-9-5-6-12-24-21)18-23(28)27-15-20-10-11-22(17-27)26(14-20)13-19-7-3-2-4-8-19/h2-9,12,20,22H,10-11,13-18H2,1H3/t20-,22-/m1/s1. The highest BCUT2D eigenvalue weighted by molar-refractivity contribution is 5.78. The molecule has 2 atom stereocenters. The lowest BCUT2D eigenvalue weighted by Crippen LogP contribution is -2.45. The van der Waals surface area contributed by atoms with Crippen molar-refractivity contribution in [2.75, 3.05) is 33.2 Å². The maximum Gasteiger partial charge on any atom is 0.236 e. The highest BCUT2D eigenvalue weighted by Gasteiger charge is 2.36. The fourth-order valence-corrected chi connectivity index (χ4v) is 4.55. The average Bonchev–Trinajstić information content (AvgIpc) is 3.01. The molecule has 3 aliphatic rings. The van der Waals surface area contributed by atoms with Crippen LogP contribution < -0.4 is 0 Å². The zero-order valence-electron chi connectivity index (χ0n) is 16.7. The first-order valence-electron chi connectivity index (χ1n) is 10.3. The molecule has 2 aromatic rings. The van der Waals surface area contributed by atoms with Gasteiger partial charge in [0.1, 0.15) is 0 Å². The fourth-order valence-electron chi connectivity index (χ4n) is 4.55. The summed E-state index contributed by atoms with van der Waals surface area (Å²) in [5.41, 5.74) is 2.37. The van der Waals surface area contributed by atoms with Gasteiger partial charge in [0, 0.05) is 45.0 Å². The van der Waals surface area contributed by atoms with Crippen molar-refractivity contribution in [1.29, 1.82) is 0 Å². The van der Waals surface area contributed by atoms with E-state index in [0.717, 1.165) is 31.9 Å². The minimum Gasteiger partial charge on any atom is -0.340 e. The van der Waals surface area contributed by atoms with Gasteiger partial charge in [-0.05, 0) is 43.5 Å². The number of pyridine rings is 1. The van der Waals surface area contributed by atoms with Crippen LogP contribution in [0.3, 0.4) is 0 Å². The molecule has 28 heavy (non-hydrogen) atoms. The van der Waals surface area contributed by atoms with Crippen molar-refractivity contribution >= 4 is 5.91 Å². The number of hydrogen-bond donors (Lipinski definition) is 0. The zero-order chi connectivity index (χ0) is 19.3. The van der Waals surface area contributed by atoms with Crippen molar-refractivity contribution in [3.05, 3.63) is 66.0 Å². The van der Waals surface area contributed by atoms with Gasteiger partial charge in [-0.15, -0.1) is 0 Å². The number of nitrogens with zero attached hydrogens (tertiary/aromatic N) is 4. The predicted octanol–water partition coefficient (Wildman–Crippen LogP) is 2.64. The van der Waals surface area contributed by atoms with Gasteiger partial charge in [-0.2, -0.15) is 0 Å². The molecule has 0 aliphatic carbocycles. The minimum atomic E-state index is 0.247. The van der Waals surface area contributed by atoms with Crippen LogP contribution in [0.2, 0.25) is 0 Å². The van der Waals surface area contributed by atoms with E-state index in [1.807, 2.05) is 25.2 Å². The number of amides is 1. The van der Waals surface area contributed by atoms with E-state index in [1.165, 1.54) is 18.4 Å². The molecule has 148 valence electrons. The SMILES string of the molecule is CN(CC(=O)N1C[C@@H]2CC[C@H](C1)N(Cc1ccccc1)C2)Cc1ccccn1. The third-order valence-corrected chi connectivity index (χ3v) is 5.97. The summed E-state index contributed by atoms with van der Waals surface area (Å²) >= 11 is 0. The van der Waals surface area contributed by atoms with Crippen molar-refractivity contribution in [2.45, 2.75) is 32.0 Å². The smallest absolute Gasteiger partial charge is 0.236 e. The molecule has 3 saturated heterocycles. The number of aromatic nitrogens is 1. The molecule has 1 aromatic heterocycles. The molecule has 3 aliphatic heterocycles. The van der Waals surface area contributed by atoms with Crippen molar-refractivity contribution in [1.82, 2.24) is 19.7 Å². The number of hydrogen-bond acceptors (Lipinski definition) is 4. The number of likely N-dealkylation sites (N-methyl/N-ethyl adjacent to an activating group) is 1. The third-order valence-electron chi connectivity index (χ3n) is 5.97. The second-order valence-electron chi connectivity index (χ2n) is 8.30. The van der Waals surface area contributed by atoms with Gasteiger partial charge in [-0.25, -0.2) is 0 Å². The van der Waals surface area contributed by atoms with E-state index >= 15 is 0 Å². The highest BCUT2D eigenvalue weighted by Crippen LogP contribution is 2.29. The monoisotopic (exact) mass is 378 g/mol. The zero-order valence-corrected chi connectivity index (χ0v) is 16.7. The van der Waals surface area contributed by atoms with Crippen molar-refractivity contribution < 1.29 is 4.79 Å². The van der Waals surface area contributed by atoms with E-state index in [4.69, 9.17) is 0 Å². The van der Waals surface area contributed by atoms with Gasteiger partial charge in [0.25, 0.3) is 0 Å². The quantitative estimate of drug-likeness (QED) is 0.775. The van der Waals surface area contributed by atoms with Crippen LogP contribution in [0.1, 0.15) is 24.1 Å². The Bertz CT molecular complexity index is 767. The van der Waals surface area contributed by atoms with Gasteiger partial charge in [0.15, 0.2) is 0 Å². The van der Waals surface area contributed by atoms with Crippen LogP contribution >= 0.6 is 0 Å². The van der Waals surface area contributed by atoms with Gasteiger partial charge < -0.3 is 4.90 Å². The van der Waals surface area contributed by atoms with Gasteiger partial charge >= 0.3 is 0 Å². The molecule has 2 bridgehead atoms. The molecule has 5 heteroatoms. The van der Waals surface area contributed by atoms with E-state index in [1.54, 1.807) is 6.20 Å². The maximum absolute atomic E-state index is 13.0. The third kappa shape index (κ3) is 4.78. The minimum absolute atomic E-state index is 0.247. The summed E-state index contributed by atoms with van der Waals surface area (Å²) in [5.74, 6) is 0.837. The summed E-state index contributed by atoms with van der Waals surface area (Å²) < 4.78 is 0. The summed E-state index contributed by atoms with van der Waals surface area (Å²) in [6.07, 6.45) is 4.24. The maximum atomic E-state index is 13.0. The summed E-state index contributed by atoms with van der Waals surface area (Å²) in [6.45, 7) is 5.01. The lowest BCUT2D eigenvalue weighted by molar-refractivity contribution is -0.132. The Morgan fingerprint density at radius 3 is 2.68 bits per heavy atom. The lowest BCUT2D eigenvalue weighted by atomic mass is 9.94. The van der Waals surface area contributed by atoms with Crippen molar-refractivity contribution in [3.8, 4) is 0 Å². The number of carbonyl (C=O) groups is 1. The molecule has 1 amide bonds. The molecule has 0 spiro atoms. The van der Waals surface area contributed by atoms with E-state index in [-0.39, 0.29) is 5.91 Å². The summed E-state index contributed by atoms with van der Waals surface area (Å²) in [7, 11) is 2.00. The summed E-state index contributed by atoms with van der Waals surface area (Å²) in [5, 5.41) is 0. The Hall–Kier alpha value is -2.24. The molecule has 0 unspecified atom stereocenters. The molecule has 3 fully saturated rings. The van der Waals surface area contributed by atoms with Gasteiger partial charge in [-0.3, -0.25) is 19.6 Å². The second kappa shape index (κ2) is 8.84. The van der Waals surface area contributed by atoms with Crippen LogP contribution in [-0.4, -0.2) is 64.9 Å². The number of carbonyl (C=O) groups excluding carboxylic acids is 1. The first-order valence-corrected chi connectivity index (χ1v) is 10.3. The normalized spacial score (nSPS) is 22.4. The molecule has 5 rings (SSSR count). The molecule has 0 saturated carbocycles. The van der Waals surface area contributed by atoms with E-state index in [2.05, 4.69) is 50.0 Å². The number of rotatable bonds is 6. The van der Waals surface area contributed by atoms with E-state index in [9.17, 15) is 4.79 Å². The van der Waals surface area contributed by atoms with Crippen LogP contribution in [0.15, 0.2) is 54.7 Å². The van der Waals surface area contributed by atoms with E-state index in [0.29, 0.717) is 25.0 Å².